The third-order valence-electron chi connectivity index (χ3n) is 3.45. The Bertz CT molecular complexity index is 145. The molecule has 0 radical (unpaired) electrons. The van der Waals surface area contributed by atoms with Crippen LogP contribution in [0.3, 0.4) is 0 Å². The minimum absolute atomic E-state index is 0.819. The van der Waals surface area contributed by atoms with E-state index in [1.54, 1.807) is 0 Å². The fourth-order valence-corrected chi connectivity index (χ4v) is 2.80. The summed E-state index contributed by atoms with van der Waals surface area (Å²) in [5.41, 5.74) is 0. The van der Waals surface area contributed by atoms with Gasteiger partial charge >= 0.3 is 0 Å². The van der Waals surface area contributed by atoms with Gasteiger partial charge in [-0.15, -0.1) is 0 Å². The second kappa shape index (κ2) is 7.27. The Morgan fingerprint density at radius 3 is 2.13 bits per heavy atom. The summed E-state index contributed by atoms with van der Waals surface area (Å²) in [5.74, 6) is 0.819. The molecule has 0 N–H and O–H groups in total. The van der Waals surface area contributed by atoms with Crippen molar-refractivity contribution >= 4 is 0 Å². The molecule has 1 aliphatic carbocycles. The molecule has 0 unspecified atom stereocenters. The molecule has 0 aromatic rings. The van der Waals surface area contributed by atoms with Crippen LogP contribution in [0.2, 0.25) is 0 Å². The van der Waals surface area contributed by atoms with Gasteiger partial charge in [-0.05, 0) is 31.7 Å². The average Bonchev–Trinajstić information content (AvgIpc) is 2.44. The van der Waals surface area contributed by atoms with Crippen LogP contribution in [-0.2, 0) is 0 Å². The van der Waals surface area contributed by atoms with Gasteiger partial charge in [-0.25, -0.2) is 0 Å². The quantitative estimate of drug-likeness (QED) is 0.619. The van der Waals surface area contributed by atoms with Gasteiger partial charge < -0.3 is 4.90 Å². The lowest BCUT2D eigenvalue weighted by atomic mass is 10.0. The van der Waals surface area contributed by atoms with Crippen molar-refractivity contribution in [2.24, 2.45) is 5.92 Å². The maximum atomic E-state index is 2.76. The standard InChI is InChI=1S/C14H29N/c1-4-11-15(12-13(2)3)14-9-7-5-6-8-10-14/h13-14H,4-12H2,1-3H3. The first-order valence-electron chi connectivity index (χ1n) is 6.98. The Morgan fingerprint density at radius 2 is 1.67 bits per heavy atom. The lowest BCUT2D eigenvalue weighted by Gasteiger charge is -2.32. The van der Waals surface area contributed by atoms with Crippen molar-refractivity contribution in [3.8, 4) is 0 Å². The minimum Gasteiger partial charge on any atom is -0.300 e. The zero-order valence-electron chi connectivity index (χ0n) is 11.0. The third-order valence-corrected chi connectivity index (χ3v) is 3.45. The van der Waals surface area contributed by atoms with Crippen LogP contribution >= 0.6 is 0 Å². The summed E-state index contributed by atoms with van der Waals surface area (Å²) >= 11 is 0. The highest BCUT2D eigenvalue weighted by atomic mass is 15.1. The highest BCUT2D eigenvalue weighted by molar-refractivity contribution is 4.75. The summed E-state index contributed by atoms with van der Waals surface area (Å²) in [7, 11) is 0. The fourth-order valence-electron chi connectivity index (χ4n) is 2.80. The topological polar surface area (TPSA) is 3.24 Å². The van der Waals surface area contributed by atoms with Gasteiger partial charge in [0, 0.05) is 12.6 Å². The smallest absolute Gasteiger partial charge is 0.00953 e. The Balaban J connectivity index is 2.44. The van der Waals surface area contributed by atoms with Gasteiger partial charge in [0.1, 0.15) is 0 Å². The van der Waals surface area contributed by atoms with Crippen molar-refractivity contribution in [1.29, 1.82) is 0 Å². The van der Waals surface area contributed by atoms with Gasteiger partial charge in [0.25, 0.3) is 0 Å². The molecule has 1 aliphatic rings. The molecule has 1 heteroatoms. The van der Waals surface area contributed by atoms with Crippen LogP contribution in [0.4, 0.5) is 0 Å². The van der Waals surface area contributed by atoms with Crippen LogP contribution in [0, 0.1) is 5.92 Å². The molecule has 1 rings (SSSR count). The van der Waals surface area contributed by atoms with Crippen LogP contribution in [0.15, 0.2) is 0 Å². The van der Waals surface area contributed by atoms with Crippen LogP contribution in [0.1, 0.15) is 65.7 Å². The van der Waals surface area contributed by atoms with Gasteiger partial charge in [-0.2, -0.15) is 0 Å². The summed E-state index contributed by atoms with van der Waals surface area (Å²) in [4.78, 5) is 2.76. The number of rotatable bonds is 5. The van der Waals surface area contributed by atoms with Gasteiger partial charge in [0.2, 0.25) is 0 Å². The van der Waals surface area contributed by atoms with Crippen molar-refractivity contribution in [3.05, 3.63) is 0 Å². The largest absolute Gasteiger partial charge is 0.300 e. The molecule has 0 atom stereocenters. The van der Waals surface area contributed by atoms with Gasteiger partial charge in [-0.3, -0.25) is 0 Å². The first-order chi connectivity index (χ1) is 7.24. The summed E-state index contributed by atoms with van der Waals surface area (Å²) in [5, 5.41) is 0. The predicted molar refractivity (Wildman–Crippen MR) is 68.2 cm³/mol. The van der Waals surface area contributed by atoms with E-state index in [9.17, 15) is 0 Å². The average molecular weight is 211 g/mol. The SMILES string of the molecule is CCCN(CC(C)C)C1CCCCCC1. The van der Waals surface area contributed by atoms with E-state index in [-0.39, 0.29) is 0 Å². The first kappa shape index (κ1) is 13.0. The lowest BCUT2D eigenvalue weighted by Crippen LogP contribution is -2.38. The normalized spacial score (nSPS) is 19.8. The van der Waals surface area contributed by atoms with Crippen molar-refractivity contribution in [3.63, 3.8) is 0 Å². The van der Waals surface area contributed by atoms with Crippen LogP contribution in [0.25, 0.3) is 0 Å². The van der Waals surface area contributed by atoms with Crippen LogP contribution < -0.4 is 0 Å². The van der Waals surface area contributed by atoms with E-state index in [1.165, 1.54) is 58.0 Å². The molecule has 15 heavy (non-hydrogen) atoms. The van der Waals surface area contributed by atoms with Gasteiger partial charge in [0.15, 0.2) is 0 Å². The Kier molecular flexibility index (Phi) is 6.31. The van der Waals surface area contributed by atoms with E-state index in [4.69, 9.17) is 0 Å². The van der Waals surface area contributed by atoms with Crippen molar-refractivity contribution in [1.82, 2.24) is 4.90 Å². The fraction of sp³-hybridized carbons (Fsp3) is 1.00. The van der Waals surface area contributed by atoms with Crippen molar-refractivity contribution in [2.45, 2.75) is 71.8 Å². The number of nitrogens with zero attached hydrogens (tertiary/aromatic N) is 1. The molecule has 0 bridgehead atoms. The second-order valence-corrected chi connectivity index (χ2v) is 5.53. The zero-order valence-corrected chi connectivity index (χ0v) is 11.0. The Labute approximate surface area is 96.2 Å². The van der Waals surface area contributed by atoms with E-state index < -0.39 is 0 Å². The second-order valence-electron chi connectivity index (χ2n) is 5.53. The molecule has 90 valence electrons. The molecule has 0 amide bonds. The molecule has 0 heterocycles. The molecule has 1 nitrogen and oxygen atoms in total. The van der Waals surface area contributed by atoms with Gasteiger partial charge in [0.05, 0.1) is 0 Å². The van der Waals surface area contributed by atoms with Crippen LogP contribution in [0.5, 0.6) is 0 Å². The summed E-state index contributed by atoms with van der Waals surface area (Å²) in [6.07, 6.45) is 10.1. The third kappa shape index (κ3) is 5.01. The molecular formula is C14H29N. The molecule has 0 spiro atoms. The molecular weight excluding hydrogens is 182 g/mol. The molecule has 0 aliphatic heterocycles. The van der Waals surface area contributed by atoms with E-state index in [0.29, 0.717) is 0 Å². The molecule has 0 aromatic heterocycles. The summed E-state index contributed by atoms with van der Waals surface area (Å²) in [6.45, 7) is 9.62. The zero-order chi connectivity index (χ0) is 11.1. The molecule has 0 saturated heterocycles. The minimum atomic E-state index is 0.819. The van der Waals surface area contributed by atoms with Crippen LogP contribution in [-0.4, -0.2) is 24.0 Å². The van der Waals surface area contributed by atoms with Crippen molar-refractivity contribution < 1.29 is 0 Å². The summed E-state index contributed by atoms with van der Waals surface area (Å²) in [6, 6.07) is 0.898. The highest BCUT2D eigenvalue weighted by Gasteiger charge is 2.19. The Morgan fingerprint density at radius 1 is 1.07 bits per heavy atom. The number of hydrogen-bond acceptors (Lipinski definition) is 1. The Hall–Kier alpha value is -0.0400. The predicted octanol–water partition coefficient (Wildman–Crippen LogP) is 4.08. The maximum absolute atomic E-state index is 2.76. The number of hydrogen-bond donors (Lipinski definition) is 0. The molecule has 0 aromatic carbocycles. The summed E-state index contributed by atoms with van der Waals surface area (Å²) < 4.78 is 0. The highest BCUT2D eigenvalue weighted by Crippen LogP contribution is 2.22. The molecule has 1 saturated carbocycles. The monoisotopic (exact) mass is 211 g/mol. The van der Waals surface area contributed by atoms with Gasteiger partial charge in [-0.1, -0.05) is 46.5 Å². The van der Waals surface area contributed by atoms with E-state index in [0.717, 1.165) is 12.0 Å². The maximum Gasteiger partial charge on any atom is 0.00953 e. The molecule has 1 fully saturated rings. The van der Waals surface area contributed by atoms with E-state index in [1.807, 2.05) is 0 Å². The van der Waals surface area contributed by atoms with E-state index >= 15 is 0 Å². The lowest BCUT2D eigenvalue weighted by molar-refractivity contribution is 0.160. The van der Waals surface area contributed by atoms with Crippen molar-refractivity contribution in [2.75, 3.05) is 13.1 Å². The van der Waals surface area contributed by atoms with E-state index in [2.05, 4.69) is 25.7 Å². The first-order valence-corrected chi connectivity index (χ1v) is 6.98.